The minimum Gasteiger partial charge on any atom is -0.692 e. The summed E-state index contributed by atoms with van der Waals surface area (Å²) in [5, 5.41) is 20.5. The minimum absolute atomic E-state index is 0.212. The molecule has 104 valence electrons. The van der Waals surface area contributed by atoms with Gasteiger partial charge in [-0.15, -0.1) is 4.85 Å². The number of nitrogens with one attached hydrogen (secondary N) is 2. The number of nitrogens with zero attached hydrogens (tertiary/aromatic N) is 3. The molecular formula is C11H12N6O3. The number of para-hydroxylation sites is 1. The maximum absolute atomic E-state index is 12.1. The summed E-state index contributed by atoms with van der Waals surface area (Å²) in [7, 11) is 1.36. The minimum atomic E-state index is -0.923. The third kappa shape index (κ3) is 2.36. The molecule has 0 fully saturated rings. The first kappa shape index (κ1) is 13.3. The van der Waals surface area contributed by atoms with E-state index >= 15 is 0 Å². The van der Waals surface area contributed by atoms with E-state index in [1.54, 1.807) is 30.3 Å². The van der Waals surface area contributed by atoms with Gasteiger partial charge in [-0.1, -0.05) is 18.2 Å². The first-order valence-electron chi connectivity index (χ1n) is 5.61. The lowest BCUT2D eigenvalue weighted by Crippen LogP contribution is -2.44. The Balaban J connectivity index is 2.58. The van der Waals surface area contributed by atoms with E-state index in [-0.39, 0.29) is 16.4 Å². The van der Waals surface area contributed by atoms with Gasteiger partial charge < -0.3 is 16.3 Å². The van der Waals surface area contributed by atoms with Crippen molar-refractivity contribution in [3.05, 3.63) is 41.2 Å². The van der Waals surface area contributed by atoms with Gasteiger partial charge in [0.15, 0.2) is 0 Å². The molecule has 0 bridgehead atoms. The number of rotatable bonds is 3. The molecule has 0 spiro atoms. The highest BCUT2D eigenvalue weighted by atomic mass is 16.5. The van der Waals surface area contributed by atoms with Crippen molar-refractivity contribution in [3.63, 3.8) is 0 Å². The van der Waals surface area contributed by atoms with Gasteiger partial charge in [0, 0.05) is 7.05 Å². The van der Waals surface area contributed by atoms with Gasteiger partial charge in [0.2, 0.25) is 0 Å². The number of benzene rings is 1. The van der Waals surface area contributed by atoms with Crippen LogP contribution in [-0.4, -0.2) is 28.9 Å². The van der Waals surface area contributed by atoms with Crippen molar-refractivity contribution in [2.24, 2.45) is 5.73 Å². The maximum Gasteiger partial charge on any atom is 0.330 e. The van der Waals surface area contributed by atoms with Crippen LogP contribution in [0.1, 0.15) is 10.5 Å². The molecule has 0 atom stereocenters. The van der Waals surface area contributed by atoms with Crippen LogP contribution in [0.4, 0.5) is 10.6 Å². The van der Waals surface area contributed by atoms with Crippen LogP contribution in [-0.2, 0) is 0 Å². The molecule has 0 radical (unpaired) electrons. The van der Waals surface area contributed by atoms with Crippen LogP contribution in [0.25, 0.3) is 5.69 Å². The molecule has 9 heteroatoms. The van der Waals surface area contributed by atoms with Crippen molar-refractivity contribution in [1.82, 2.24) is 15.2 Å². The van der Waals surface area contributed by atoms with Gasteiger partial charge in [-0.05, 0) is 16.9 Å². The molecule has 4 N–H and O–H groups in total. The van der Waals surface area contributed by atoms with Gasteiger partial charge >= 0.3 is 11.8 Å². The Bertz CT molecular complexity index is 652. The number of anilines is 1. The highest BCUT2D eigenvalue weighted by molar-refractivity contribution is 5.99. The van der Waals surface area contributed by atoms with Gasteiger partial charge in [0.25, 0.3) is 11.6 Å². The van der Waals surface area contributed by atoms with Crippen molar-refractivity contribution in [2.45, 2.75) is 0 Å². The molecule has 2 rings (SSSR count). The number of amides is 3. The topological polar surface area (TPSA) is 129 Å². The quantitative estimate of drug-likeness (QED) is 0.508. The number of nitrogens with two attached hydrogens (primary N) is 1. The van der Waals surface area contributed by atoms with Crippen LogP contribution in [0, 0.1) is 5.21 Å². The average molecular weight is 276 g/mol. The van der Waals surface area contributed by atoms with Crippen LogP contribution >= 0.6 is 0 Å². The number of carbonyl (C=O) groups excluding carboxylic acids is 2. The van der Waals surface area contributed by atoms with Crippen molar-refractivity contribution < 1.29 is 14.4 Å². The second-order valence-corrected chi connectivity index (χ2v) is 3.76. The van der Waals surface area contributed by atoms with Crippen LogP contribution in [0.15, 0.2) is 30.3 Å². The fourth-order valence-electron chi connectivity index (χ4n) is 1.61. The van der Waals surface area contributed by atoms with Crippen molar-refractivity contribution in [3.8, 4) is 5.69 Å². The number of primary amides is 1. The second kappa shape index (κ2) is 5.26. The first-order valence-corrected chi connectivity index (χ1v) is 5.61. The summed E-state index contributed by atoms with van der Waals surface area (Å²) in [6, 6.07) is 7.51. The highest BCUT2D eigenvalue weighted by Gasteiger charge is 2.29. The monoisotopic (exact) mass is 276 g/mol. The van der Waals surface area contributed by atoms with Gasteiger partial charge in [-0.25, -0.2) is 4.79 Å². The molecule has 9 nitrogen and oxygen atoms in total. The summed E-state index contributed by atoms with van der Waals surface area (Å²) in [4.78, 5) is 23.8. The molecule has 0 aliphatic carbocycles. The fourth-order valence-corrected chi connectivity index (χ4v) is 1.61. The molecule has 1 heterocycles. The largest absolute Gasteiger partial charge is 0.692 e. The van der Waals surface area contributed by atoms with E-state index in [4.69, 9.17) is 5.73 Å². The Morgan fingerprint density at radius 2 is 2.00 bits per heavy atom. The summed E-state index contributed by atoms with van der Waals surface area (Å²) in [5.74, 6) is -0.901. The molecule has 0 saturated carbocycles. The lowest BCUT2D eigenvalue weighted by Gasteiger charge is -2.05. The molecule has 1 aromatic heterocycles. The molecule has 0 aliphatic heterocycles. The predicted molar refractivity (Wildman–Crippen MR) is 69.1 cm³/mol. The van der Waals surface area contributed by atoms with Crippen LogP contribution in [0.3, 0.4) is 0 Å². The Labute approximate surface area is 113 Å². The second-order valence-electron chi connectivity index (χ2n) is 3.76. The summed E-state index contributed by atoms with van der Waals surface area (Å²) in [6.45, 7) is 0. The Kier molecular flexibility index (Phi) is 3.51. The lowest BCUT2D eigenvalue weighted by atomic mass is 10.3. The third-order valence-corrected chi connectivity index (χ3v) is 2.45. The summed E-state index contributed by atoms with van der Waals surface area (Å²) in [5.41, 5.74) is 5.07. The van der Waals surface area contributed by atoms with Crippen LogP contribution in [0.5, 0.6) is 0 Å². The van der Waals surface area contributed by atoms with E-state index in [1.807, 2.05) is 0 Å². The summed E-state index contributed by atoms with van der Waals surface area (Å²) in [6.07, 6.45) is 0. The zero-order chi connectivity index (χ0) is 14.7. The SMILES string of the molecule is CNC(=O)c1c(NC(N)=O)nn(-c2ccccc2)[n+]1[O-]. The van der Waals surface area contributed by atoms with E-state index < -0.39 is 11.9 Å². The Morgan fingerprint density at radius 3 is 2.55 bits per heavy atom. The van der Waals surface area contributed by atoms with Gasteiger partial charge in [-0.3, -0.25) is 10.1 Å². The summed E-state index contributed by atoms with van der Waals surface area (Å²) < 4.78 is 0. The molecular weight excluding hydrogens is 264 g/mol. The normalized spacial score (nSPS) is 10.1. The van der Waals surface area contributed by atoms with Crippen molar-refractivity contribution in [1.29, 1.82) is 0 Å². The molecule has 3 amide bonds. The molecule has 2 aromatic rings. The Morgan fingerprint density at radius 1 is 1.35 bits per heavy atom. The summed E-state index contributed by atoms with van der Waals surface area (Å²) >= 11 is 0. The van der Waals surface area contributed by atoms with Gasteiger partial charge in [-0.2, -0.15) is 0 Å². The predicted octanol–water partition coefficient (Wildman–Crippen LogP) is -0.644. The standard InChI is InChI=1S/C11H12N6O3/c1-13-10(18)8-9(14-11(12)19)15-16(17(8)20)7-5-3-2-4-6-7/h2-6H,1H3,(H,13,18)(H3,12,14,15,19). The average Bonchev–Trinajstić information content (AvgIpc) is 2.75. The molecule has 0 unspecified atom stereocenters. The molecule has 1 aromatic carbocycles. The number of hydrogen-bond donors (Lipinski definition) is 3. The molecule has 0 saturated heterocycles. The smallest absolute Gasteiger partial charge is 0.330 e. The highest BCUT2D eigenvalue weighted by Crippen LogP contribution is 2.11. The number of hydrogen-bond acceptors (Lipinski definition) is 4. The van der Waals surface area contributed by atoms with Crippen LogP contribution in [0.2, 0.25) is 0 Å². The number of carbonyl (C=O) groups is 2. The van der Waals surface area contributed by atoms with E-state index in [0.29, 0.717) is 5.69 Å². The van der Waals surface area contributed by atoms with E-state index in [0.717, 1.165) is 4.80 Å². The number of aromatic nitrogens is 3. The lowest BCUT2D eigenvalue weighted by molar-refractivity contribution is -0.690. The first-order chi connectivity index (χ1) is 9.54. The van der Waals surface area contributed by atoms with E-state index in [1.165, 1.54) is 7.05 Å². The van der Waals surface area contributed by atoms with Crippen molar-refractivity contribution in [2.75, 3.05) is 12.4 Å². The van der Waals surface area contributed by atoms with E-state index in [9.17, 15) is 14.8 Å². The maximum atomic E-state index is 12.1. The van der Waals surface area contributed by atoms with Gasteiger partial charge in [0.05, 0.1) is 5.10 Å². The zero-order valence-electron chi connectivity index (χ0n) is 10.5. The fraction of sp³-hybridized carbons (Fsp3) is 0.0909. The third-order valence-electron chi connectivity index (χ3n) is 2.45. The van der Waals surface area contributed by atoms with Crippen LogP contribution < -0.4 is 21.2 Å². The Hall–Kier alpha value is -3.10. The van der Waals surface area contributed by atoms with Gasteiger partial charge in [0.1, 0.15) is 5.69 Å². The molecule has 20 heavy (non-hydrogen) atoms. The number of urea groups is 1. The molecule has 0 aliphatic rings. The zero-order valence-corrected chi connectivity index (χ0v) is 10.5. The van der Waals surface area contributed by atoms with E-state index in [2.05, 4.69) is 15.7 Å². The van der Waals surface area contributed by atoms with Crippen molar-refractivity contribution >= 4 is 17.8 Å².